The molecular weight excluding hydrogens is 359 g/mol. The van der Waals surface area contributed by atoms with Crippen LogP contribution in [0, 0.1) is 0 Å². The average Bonchev–Trinajstić information content (AvgIpc) is 2.95. The monoisotopic (exact) mass is 370 g/mol. The smallest absolute Gasteiger partial charge is 0.162 e. The molecule has 5 heteroatoms. The first-order chi connectivity index (χ1) is 9.63. The van der Waals surface area contributed by atoms with Gasteiger partial charge in [-0.15, -0.1) is 0 Å². The third-order valence-electron chi connectivity index (χ3n) is 3.66. The zero-order chi connectivity index (χ0) is 14.1. The van der Waals surface area contributed by atoms with E-state index in [2.05, 4.69) is 20.9 Å². The van der Waals surface area contributed by atoms with Crippen molar-refractivity contribution in [3.63, 3.8) is 0 Å². The van der Waals surface area contributed by atoms with Crippen LogP contribution < -0.4 is 0 Å². The van der Waals surface area contributed by atoms with Crippen LogP contribution in [-0.2, 0) is 0 Å². The molecule has 1 heterocycles. The van der Waals surface area contributed by atoms with Gasteiger partial charge in [-0.1, -0.05) is 52.0 Å². The van der Waals surface area contributed by atoms with Crippen molar-refractivity contribution in [2.75, 3.05) is 0 Å². The summed E-state index contributed by atoms with van der Waals surface area (Å²) in [6.45, 7) is 0. The van der Waals surface area contributed by atoms with E-state index in [-0.39, 0.29) is 0 Å². The highest BCUT2D eigenvalue weighted by Crippen LogP contribution is 2.36. The van der Waals surface area contributed by atoms with Gasteiger partial charge in [-0.2, -0.15) is 0 Å². The summed E-state index contributed by atoms with van der Waals surface area (Å²) >= 11 is 15.8. The minimum Gasteiger partial charge on any atom is -0.233 e. The maximum absolute atomic E-state index is 6.17. The topological polar surface area (TPSA) is 25.8 Å². The lowest BCUT2D eigenvalue weighted by atomic mass is 10.0. The Hall–Kier alpha value is -0.640. The van der Waals surface area contributed by atoms with Crippen LogP contribution in [0.4, 0.5) is 0 Å². The minimum atomic E-state index is 0.490. The van der Waals surface area contributed by atoms with Gasteiger partial charge < -0.3 is 0 Å². The zero-order valence-corrected chi connectivity index (χ0v) is 13.8. The maximum atomic E-state index is 6.17. The number of hydrogen-bond acceptors (Lipinski definition) is 2. The van der Waals surface area contributed by atoms with Crippen molar-refractivity contribution >= 4 is 39.1 Å². The molecule has 1 aromatic heterocycles. The molecule has 1 aliphatic rings. The number of benzene rings is 1. The molecule has 2 aromatic rings. The second-order valence-electron chi connectivity index (χ2n) is 5.04. The molecule has 2 nitrogen and oxygen atoms in total. The van der Waals surface area contributed by atoms with E-state index in [1.807, 2.05) is 24.3 Å². The lowest BCUT2D eigenvalue weighted by Crippen LogP contribution is -2.01. The van der Waals surface area contributed by atoms with Crippen LogP contribution in [0.3, 0.4) is 0 Å². The van der Waals surface area contributed by atoms with E-state index in [4.69, 9.17) is 28.2 Å². The minimum absolute atomic E-state index is 0.490. The van der Waals surface area contributed by atoms with Crippen molar-refractivity contribution in [2.24, 2.45) is 0 Å². The Morgan fingerprint density at radius 1 is 1.05 bits per heavy atom. The largest absolute Gasteiger partial charge is 0.233 e. The van der Waals surface area contributed by atoms with Crippen LogP contribution in [-0.4, -0.2) is 9.97 Å². The molecule has 0 atom stereocenters. The number of halogens is 3. The zero-order valence-electron chi connectivity index (χ0n) is 10.7. The number of aromatic nitrogens is 2. The molecule has 0 spiro atoms. The third-order valence-corrected chi connectivity index (χ3v) is 4.78. The van der Waals surface area contributed by atoms with E-state index in [0.717, 1.165) is 15.7 Å². The summed E-state index contributed by atoms with van der Waals surface area (Å²) in [5.41, 5.74) is 1.92. The van der Waals surface area contributed by atoms with E-state index < -0.39 is 0 Å². The van der Waals surface area contributed by atoms with E-state index in [1.54, 1.807) is 0 Å². The molecule has 1 fully saturated rings. The Bertz CT molecular complexity index is 640. The highest BCUT2D eigenvalue weighted by Gasteiger charge is 2.20. The predicted octanol–water partition coefficient (Wildman–Crippen LogP) is 5.87. The van der Waals surface area contributed by atoms with Crippen molar-refractivity contribution in [2.45, 2.75) is 31.6 Å². The van der Waals surface area contributed by atoms with Gasteiger partial charge in [0, 0.05) is 26.7 Å². The van der Waals surface area contributed by atoms with Crippen LogP contribution in [0.15, 0.2) is 28.7 Å². The fourth-order valence-corrected chi connectivity index (χ4v) is 3.44. The summed E-state index contributed by atoms with van der Waals surface area (Å²) in [6.07, 6.45) is 4.90. The summed E-state index contributed by atoms with van der Waals surface area (Å²) < 4.78 is 0.918. The fourth-order valence-electron chi connectivity index (χ4n) is 2.66. The first kappa shape index (κ1) is 14.3. The quantitative estimate of drug-likeness (QED) is 0.617. The Balaban J connectivity index is 2.06. The van der Waals surface area contributed by atoms with Crippen molar-refractivity contribution in [1.29, 1.82) is 0 Å². The summed E-state index contributed by atoms with van der Waals surface area (Å²) in [5, 5.41) is 1.15. The predicted molar refractivity (Wildman–Crippen MR) is 86.4 cm³/mol. The summed E-state index contributed by atoms with van der Waals surface area (Å²) in [6, 6.07) is 7.48. The van der Waals surface area contributed by atoms with Gasteiger partial charge in [-0.3, -0.25) is 0 Å². The van der Waals surface area contributed by atoms with Crippen molar-refractivity contribution in [3.05, 3.63) is 44.6 Å². The molecule has 0 bridgehead atoms. The SMILES string of the molecule is Clc1ccc(Br)c(-c2nc(Cl)cc(C3CCCC3)n2)c1. The molecule has 0 radical (unpaired) electrons. The molecule has 0 N–H and O–H groups in total. The van der Waals surface area contributed by atoms with E-state index in [1.165, 1.54) is 25.7 Å². The van der Waals surface area contributed by atoms with Crippen molar-refractivity contribution in [1.82, 2.24) is 9.97 Å². The van der Waals surface area contributed by atoms with Crippen LogP contribution in [0.25, 0.3) is 11.4 Å². The van der Waals surface area contributed by atoms with Crippen LogP contribution in [0.5, 0.6) is 0 Å². The maximum Gasteiger partial charge on any atom is 0.162 e. The molecule has 0 amide bonds. The van der Waals surface area contributed by atoms with Crippen LogP contribution in [0.1, 0.15) is 37.3 Å². The number of nitrogens with zero attached hydrogens (tertiary/aromatic N) is 2. The Morgan fingerprint density at radius 2 is 1.80 bits per heavy atom. The fraction of sp³-hybridized carbons (Fsp3) is 0.333. The van der Waals surface area contributed by atoms with Gasteiger partial charge in [0.2, 0.25) is 0 Å². The molecule has 1 aliphatic carbocycles. The van der Waals surface area contributed by atoms with Gasteiger partial charge in [-0.05, 0) is 37.1 Å². The lowest BCUT2D eigenvalue weighted by Gasteiger charge is -2.11. The first-order valence-electron chi connectivity index (χ1n) is 6.63. The molecule has 0 unspecified atom stereocenters. The number of hydrogen-bond donors (Lipinski definition) is 0. The van der Waals surface area contributed by atoms with Crippen molar-refractivity contribution < 1.29 is 0 Å². The normalized spacial score (nSPS) is 15.8. The van der Waals surface area contributed by atoms with E-state index in [0.29, 0.717) is 21.9 Å². The summed E-state index contributed by atoms with van der Waals surface area (Å²) in [7, 11) is 0. The lowest BCUT2D eigenvalue weighted by molar-refractivity contribution is 0.695. The second kappa shape index (κ2) is 6.00. The van der Waals surface area contributed by atoms with E-state index in [9.17, 15) is 0 Å². The Morgan fingerprint density at radius 3 is 2.55 bits per heavy atom. The average molecular weight is 372 g/mol. The molecule has 1 aromatic carbocycles. The van der Waals surface area contributed by atoms with E-state index >= 15 is 0 Å². The molecule has 3 rings (SSSR count). The van der Waals surface area contributed by atoms with Gasteiger partial charge in [0.15, 0.2) is 5.82 Å². The highest BCUT2D eigenvalue weighted by molar-refractivity contribution is 9.10. The standard InChI is InChI=1S/C15H13BrCl2N2/c16-12-6-5-10(17)7-11(12)15-19-13(8-14(18)20-15)9-3-1-2-4-9/h5-9H,1-4H2. The Kier molecular flexibility index (Phi) is 4.29. The van der Waals surface area contributed by atoms with Gasteiger partial charge in [-0.25, -0.2) is 9.97 Å². The van der Waals surface area contributed by atoms with Crippen molar-refractivity contribution in [3.8, 4) is 11.4 Å². The van der Waals surface area contributed by atoms with Gasteiger partial charge in [0.25, 0.3) is 0 Å². The number of rotatable bonds is 2. The second-order valence-corrected chi connectivity index (χ2v) is 6.72. The molecule has 0 aliphatic heterocycles. The molecular formula is C15H13BrCl2N2. The van der Waals surface area contributed by atoms with Gasteiger partial charge in [0.1, 0.15) is 5.15 Å². The molecule has 1 saturated carbocycles. The summed E-state index contributed by atoms with van der Waals surface area (Å²) in [4.78, 5) is 9.05. The first-order valence-corrected chi connectivity index (χ1v) is 8.18. The third kappa shape index (κ3) is 3.00. The Labute approximate surface area is 136 Å². The molecule has 0 saturated heterocycles. The van der Waals surface area contributed by atoms with Gasteiger partial charge >= 0.3 is 0 Å². The molecule has 104 valence electrons. The van der Waals surface area contributed by atoms with Crippen LogP contribution in [0.2, 0.25) is 10.2 Å². The van der Waals surface area contributed by atoms with Gasteiger partial charge in [0.05, 0.1) is 0 Å². The highest BCUT2D eigenvalue weighted by atomic mass is 79.9. The molecule has 20 heavy (non-hydrogen) atoms. The van der Waals surface area contributed by atoms with Crippen LogP contribution >= 0.6 is 39.1 Å². The summed E-state index contributed by atoms with van der Waals surface area (Å²) in [5.74, 6) is 1.14.